The molecule has 0 aromatic heterocycles. The van der Waals surface area contributed by atoms with Crippen molar-refractivity contribution in [3.63, 3.8) is 0 Å². The Morgan fingerprint density at radius 1 is 1.14 bits per heavy atom. The van der Waals surface area contributed by atoms with Gasteiger partial charge in [0.2, 0.25) is 11.8 Å². The average Bonchev–Trinajstić information content (AvgIpc) is 2.47. The first-order chi connectivity index (χ1) is 10.5. The summed E-state index contributed by atoms with van der Waals surface area (Å²) in [6, 6.07) is 6.67. The highest BCUT2D eigenvalue weighted by Crippen LogP contribution is 2.06. The monoisotopic (exact) mass is 305 g/mol. The van der Waals surface area contributed by atoms with Gasteiger partial charge < -0.3 is 16.0 Å². The van der Waals surface area contributed by atoms with Crippen molar-refractivity contribution in [1.82, 2.24) is 16.0 Å². The van der Waals surface area contributed by atoms with E-state index in [-0.39, 0.29) is 30.7 Å². The van der Waals surface area contributed by atoms with Gasteiger partial charge in [-0.15, -0.1) is 0 Å². The molecule has 120 valence electrons. The van der Waals surface area contributed by atoms with Crippen molar-refractivity contribution in [1.29, 1.82) is 0 Å². The molecule has 3 N–H and O–H groups in total. The van der Waals surface area contributed by atoms with Crippen LogP contribution in [0.1, 0.15) is 36.2 Å². The molecule has 0 saturated heterocycles. The Bertz CT molecular complexity index is 543. The van der Waals surface area contributed by atoms with Gasteiger partial charge in [-0.3, -0.25) is 14.4 Å². The highest BCUT2D eigenvalue weighted by Gasteiger charge is 2.14. The third-order valence-electron chi connectivity index (χ3n) is 3.15. The third-order valence-corrected chi connectivity index (χ3v) is 3.15. The quantitative estimate of drug-likeness (QED) is 0.695. The van der Waals surface area contributed by atoms with Crippen LogP contribution >= 0.6 is 0 Å². The molecule has 0 radical (unpaired) electrons. The molecule has 3 amide bonds. The maximum absolute atomic E-state index is 12.0. The Labute approximate surface area is 130 Å². The first-order valence-electron chi connectivity index (χ1n) is 7.36. The van der Waals surface area contributed by atoms with Gasteiger partial charge in [0.25, 0.3) is 5.91 Å². The van der Waals surface area contributed by atoms with Crippen LogP contribution in [-0.2, 0) is 9.59 Å². The fourth-order valence-corrected chi connectivity index (χ4v) is 1.92. The second-order valence-electron chi connectivity index (χ2n) is 5.00. The normalized spacial score (nSPS) is 11.4. The Kier molecular flexibility index (Phi) is 7.08. The van der Waals surface area contributed by atoms with Crippen molar-refractivity contribution in [3.8, 4) is 0 Å². The topological polar surface area (TPSA) is 87.3 Å². The molecule has 0 aliphatic heterocycles. The number of aryl methyl sites for hydroxylation is 1. The summed E-state index contributed by atoms with van der Waals surface area (Å²) in [6.45, 7) is 6.03. The van der Waals surface area contributed by atoms with E-state index in [1.165, 1.54) is 0 Å². The highest BCUT2D eigenvalue weighted by molar-refractivity contribution is 5.95. The van der Waals surface area contributed by atoms with Crippen molar-refractivity contribution in [3.05, 3.63) is 35.4 Å². The van der Waals surface area contributed by atoms with Crippen LogP contribution in [0.4, 0.5) is 0 Å². The van der Waals surface area contributed by atoms with E-state index in [2.05, 4.69) is 16.0 Å². The molecular weight excluding hydrogens is 282 g/mol. The fourth-order valence-electron chi connectivity index (χ4n) is 1.92. The lowest BCUT2D eigenvalue weighted by atomic mass is 10.1. The van der Waals surface area contributed by atoms with Gasteiger partial charge in [-0.25, -0.2) is 0 Å². The van der Waals surface area contributed by atoms with Crippen molar-refractivity contribution in [2.75, 3.05) is 13.1 Å². The number of rotatable bonds is 7. The summed E-state index contributed by atoms with van der Waals surface area (Å²) in [7, 11) is 0. The SMILES string of the molecule is CCNC(=O)[C@H](C)NC(=O)CCNC(=O)c1ccccc1C. The summed E-state index contributed by atoms with van der Waals surface area (Å²) in [6.07, 6.45) is 0.126. The van der Waals surface area contributed by atoms with E-state index in [9.17, 15) is 14.4 Å². The molecule has 0 unspecified atom stereocenters. The number of carbonyl (C=O) groups is 3. The van der Waals surface area contributed by atoms with Crippen LogP contribution < -0.4 is 16.0 Å². The molecule has 0 saturated carbocycles. The van der Waals surface area contributed by atoms with E-state index in [1.54, 1.807) is 19.1 Å². The average molecular weight is 305 g/mol. The van der Waals surface area contributed by atoms with Crippen LogP contribution in [0.25, 0.3) is 0 Å². The van der Waals surface area contributed by atoms with Crippen molar-refractivity contribution in [2.45, 2.75) is 33.2 Å². The van der Waals surface area contributed by atoms with Crippen LogP contribution in [0.3, 0.4) is 0 Å². The van der Waals surface area contributed by atoms with Crippen LogP contribution in [0.15, 0.2) is 24.3 Å². The van der Waals surface area contributed by atoms with Crippen LogP contribution in [-0.4, -0.2) is 36.9 Å². The minimum atomic E-state index is -0.584. The Morgan fingerprint density at radius 2 is 1.82 bits per heavy atom. The van der Waals surface area contributed by atoms with Crippen molar-refractivity contribution < 1.29 is 14.4 Å². The summed E-state index contributed by atoms with van der Waals surface area (Å²) in [5.74, 6) is -0.702. The highest BCUT2D eigenvalue weighted by atomic mass is 16.2. The van der Waals surface area contributed by atoms with Crippen LogP contribution in [0.5, 0.6) is 0 Å². The molecular formula is C16H23N3O3. The summed E-state index contributed by atoms with van der Waals surface area (Å²) < 4.78 is 0. The lowest BCUT2D eigenvalue weighted by Crippen LogP contribution is -2.45. The molecule has 0 aliphatic rings. The summed E-state index contributed by atoms with van der Waals surface area (Å²) in [5.41, 5.74) is 1.48. The molecule has 1 aromatic carbocycles. The number of benzene rings is 1. The van der Waals surface area contributed by atoms with E-state index < -0.39 is 6.04 Å². The second kappa shape index (κ2) is 8.81. The van der Waals surface area contributed by atoms with E-state index in [0.29, 0.717) is 12.1 Å². The van der Waals surface area contributed by atoms with E-state index >= 15 is 0 Å². The van der Waals surface area contributed by atoms with Crippen molar-refractivity contribution in [2.24, 2.45) is 0 Å². The first kappa shape index (κ1) is 17.7. The molecule has 0 spiro atoms. The molecule has 6 nitrogen and oxygen atoms in total. The van der Waals surface area contributed by atoms with Gasteiger partial charge in [0.05, 0.1) is 0 Å². The smallest absolute Gasteiger partial charge is 0.251 e. The van der Waals surface area contributed by atoms with E-state index in [1.807, 2.05) is 26.0 Å². The molecule has 0 fully saturated rings. The molecule has 0 aliphatic carbocycles. The van der Waals surface area contributed by atoms with Gasteiger partial charge in [-0.1, -0.05) is 18.2 Å². The van der Waals surface area contributed by atoms with E-state index in [0.717, 1.165) is 5.56 Å². The second-order valence-corrected chi connectivity index (χ2v) is 5.00. The number of carbonyl (C=O) groups excluding carboxylic acids is 3. The van der Waals surface area contributed by atoms with Gasteiger partial charge in [0.1, 0.15) is 6.04 Å². The first-order valence-corrected chi connectivity index (χ1v) is 7.36. The molecule has 1 atom stereocenters. The van der Waals surface area contributed by atoms with Gasteiger partial charge in [0.15, 0.2) is 0 Å². The van der Waals surface area contributed by atoms with Gasteiger partial charge in [-0.2, -0.15) is 0 Å². The number of hydrogen-bond acceptors (Lipinski definition) is 3. The number of hydrogen-bond donors (Lipinski definition) is 3. The largest absolute Gasteiger partial charge is 0.355 e. The Balaban J connectivity index is 2.35. The summed E-state index contributed by atoms with van der Waals surface area (Å²) in [5, 5.41) is 7.91. The molecule has 1 aromatic rings. The zero-order chi connectivity index (χ0) is 16.5. The standard InChI is InChI=1S/C16H23N3O3/c1-4-17-15(21)12(3)19-14(20)9-10-18-16(22)13-8-6-5-7-11(13)2/h5-8,12H,4,9-10H2,1-3H3,(H,17,21)(H,18,22)(H,19,20)/t12-/m0/s1. The van der Waals surface area contributed by atoms with Crippen LogP contribution in [0.2, 0.25) is 0 Å². The van der Waals surface area contributed by atoms with Gasteiger partial charge >= 0.3 is 0 Å². The third kappa shape index (κ3) is 5.55. The molecule has 6 heteroatoms. The maximum atomic E-state index is 12.0. The number of nitrogens with one attached hydrogen (secondary N) is 3. The Hall–Kier alpha value is -2.37. The summed E-state index contributed by atoms with van der Waals surface area (Å²) >= 11 is 0. The predicted octanol–water partition coefficient (Wildman–Crippen LogP) is 0.756. The molecule has 22 heavy (non-hydrogen) atoms. The predicted molar refractivity (Wildman–Crippen MR) is 84.4 cm³/mol. The number of likely N-dealkylation sites (N-methyl/N-ethyl adjacent to an activating group) is 1. The molecule has 0 bridgehead atoms. The molecule has 0 heterocycles. The lowest BCUT2D eigenvalue weighted by Gasteiger charge is -2.13. The maximum Gasteiger partial charge on any atom is 0.251 e. The zero-order valence-electron chi connectivity index (χ0n) is 13.2. The van der Waals surface area contributed by atoms with Gasteiger partial charge in [-0.05, 0) is 32.4 Å². The Morgan fingerprint density at radius 3 is 2.45 bits per heavy atom. The summed E-state index contributed by atoms with van der Waals surface area (Å²) in [4.78, 5) is 35.1. The fraction of sp³-hybridized carbons (Fsp3) is 0.438. The van der Waals surface area contributed by atoms with Crippen molar-refractivity contribution >= 4 is 17.7 Å². The zero-order valence-corrected chi connectivity index (χ0v) is 13.2. The minimum absolute atomic E-state index is 0.126. The van der Waals surface area contributed by atoms with Gasteiger partial charge in [0, 0.05) is 25.1 Å². The minimum Gasteiger partial charge on any atom is -0.355 e. The lowest BCUT2D eigenvalue weighted by molar-refractivity contribution is -0.128. The molecule has 1 rings (SSSR count). The van der Waals surface area contributed by atoms with E-state index in [4.69, 9.17) is 0 Å². The van der Waals surface area contributed by atoms with Crippen LogP contribution in [0, 0.1) is 6.92 Å². The number of amides is 3.